The average molecular weight is 278 g/mol. The summed E-state index contributed by atoms with van der Waals surface area (Å²) in [6, 6.07) is 5.68. The van der Waals surface area contributed by atoms with Crippen molar-refractivity contribution in [3.8, 4) is 0 Å². The first-order chi connectivity index (χ1) is 9.54. The number of amides is 2. The average Bonchev–Trinajstić information content (AvgIpc) is 2.38. The maximum atomic E-state index is 11.7. The number of nitrogens with one attached hydrogen (secondary N) is 2. The molecule has 1 saturated carbocycles. The molecule has 0 bridgehead atoms. The third kappa shape index (κ3) is 3.27. The first kappa shape index (κ1) is 14.3. The Morgan fingerprint density at radius 1 is 1.30 bits per heavy atom. The highest BCUT2D eigenvalue weighted by Gasteiger charge is 2.37. The zero-order valence-electron chi connectivity index (χ0n) is 11.3. The topological polar surface area (TPSA) is 87.7 Å². The molecule has 0 radical (unpaired) electrons. The van der Waals surface area contributed by atoms with Crippen molar-refractivity contribution in [2.24, 2.45) is 0 Å². The van der Waals surface area contributed by atoms with Crippen LogP contribution in [0.2, 0.25) is 0 Å². The minimum Gasteiger partial charge on any atom is -0.478 e. The molecular formula is C14H18N2O4. The summed E-state index contributed by atoms with van der Waals surface area (Å²) < 4.78 is 5.41. The first-order valence-electron chi connectivity index (χ1n) is 6.48. The second-order valence-corrected chi connectivity index (χ2v) is 4.93. The van der Waals surface area contributed by atoms with Crippen molar-refractivity contribution in [1.29, 1.82) is 0 Å². The van der Waals surface area contributed by atoms with Crippen molar-refractivity contribution in [2.45, 2.75) is 24.9 Å². The summed E-state index contributed by atoms with van der Waals surface area (Å²) in [5.74, 6) is -0.993. The molecule has 0 spiro atoms. The van der Waals surface area contributed by atoms with Crippen molar-refractivity contribution in [3.63, 3.8) is 0 Å². The fraction of sp³-hybridized carbons (Fsp3) is 0.429. The molecule has 0 saturated heterocycles. The van der Waals surface area contributed by atoms with Crippen LogP contribution in [0.4, 0.5) is 10.5 Å². The SMILES string of the molecule is COC1(CNC(=O)Nc2ccc(C(=O)O)cc2)CCC1. The zero-order chi connectivity index (χ0) is 14.6. The van der Waals surface area contributed by atoms with Gasteiger partial charge in [-0.25, -0.2) is 9.59 Å². The van der Waals surface area contributed by atoms with E-state index < -0.39 is 5.97 Å². The van der Waals surface area contributed by atoms with Gasteiger partial charge in [-0.3, -0.25) is 0 Å². The van der Waals surface area contributed by atoms with E-state index in [1.807, 2.05) is 0 Å². The van der Waals surface area contributed by atoms with E-state index in [1.165, 1.54) is 12.1 Å². The summed E-state index contributed by atoms with van der Waals surface area (Å²) in [4.78, 5) is 22.4. The van der Waals surface area contributed by atoms with Gasteiger partial charge in [0.05, 0.1) is 11.2 Å². The number of methoxy groups -OCH3 is 1. The Bertz CT molecular complexity index is 489. The molecule has 0 atom stereocenters. The summed E-state index contributed by atoms with van der Waals surface area (Å²) in [6.07, 6.45) is 3.03. The molecule has 108 valence electrons. The number of hydrogen-bond donors (Lipinski definition) is 3. The van der Waals surface area contributed by atoms with Crippen LogP contribution in [-0.2, 0) is 4.74 Å². The van der Waals surface area contributed by atoms with Crippen molar-refractivity contribution in [2.75, 3.05) is 19.0 Å². The van der Waals surface area contributed by atoms with Crippen molar-refractivity contribution >= 4 is 17.7 Å². The number of hydrogen-bond acceptors (Lipinski definition) is 3. The Morgan fingerprint density at radius 2 is 1.95 bits per heavy atom. The summed E-state index contributed by atoms with van der Waals surface area (Å²) in [6.45, 7) is 0.475. The summed E-state index contributed by atoms with van der Waals surface area (Å²) in [5.41, 5.74) is 0.515. The van der Waals surface area contributed by atoms with E-state index in [9.17, 15) is 9.59 Å². The van der Waals surface area contributed by atoms with Crippen molar-refractivity contribution < 1.29 is 19.4 Å². The van der Waals surface area contributed by atoms with Crippen LogP contribution in [0.15, 0.2) is 24.3 Å². The number of anilines is 1. The quantitative estimate of drug-likeness (QED) is 0.769. The monoisotopic (exact) mass is 278 g/mol. The second kappa shape index (κ2) is 5.92. The number of benzene rings is 1. The van der Waals surface area contributed by atoms with Crippen LogP contribution in [0, 0.1) is 0 Å². The van der Waals surface area contributed by atoms with E-state index >= 15 is 0 Å². The number of ether oxygens (including phenoxy) is 1. The van der Waals surface area contributed by atoms with Gasteiger partial charge in [0, 0.05) is 19.3 Å². The molecule has 1 aromatic rings. The number of carboxylic acids is 1. The van der Waals surface area contributed by atoms with Crippen molar-refractivity contribution in [1.82, 2.24) is 5.32 Å². The lowest BCUT2D eigenvalue weighted by Gasteiger charge is -2.40. The minimum absolute atomic E-state index is 0.184. The molecule has 0 aromatic heterocycles. The second-order valence-electron chi connectivity index (χ2n) is 4.93. The maximum absolute atomic E-state index is 11.7. The van der Waals surface area contributed by atoms with Crippen LogP contribution < -0.4 is 10.6 Å². The number of urea groups is 1. The highest BCUT2D eigenvalue weighted by molar-refractivity contribution is 5.91. The molecule has 0 heterocycles. The van der Waals surface area contributed by atoms with Crippen LogP contribution in [-0.4, -0.2) is 36.4 Å². The van der Waals surface area contributed by atoms with E-state index in [0.717, 1.165) is 19.3 Å². The summed E-state index contributed by atoms with van der Waals surface area (Å²) >= 11 is 0. The summed E-state index contributed by atoms with van der Waals surface area (Å²) in [7, 11) is 1.66. The molecule has 6 nitrogen and oxygen atoms in total. The molecule has 1 aromatic carbocycles. The molecule has 3 N–H and O–H groups in total. The molecule has 1 aliphatic rings. The van der Waals surface area contributed by atoms with Crippen LogP contribution in [0.5, 0.6) is 0 Å². The number of carboxylic acid groups (broad SMARTS) is 1. The zero-order valence-corrected chi connectivity index (χ0v) is 11.3. The third-order valence-corrected chi connectivity index (χ3v) is 3.66. The van der Waals surface area contributed by atoms with Gasteiger partial charge in [-0.15, -0.1) is 0 Å². The highest BCUT2D eigenvalue weighted by atomic mass is 16.5. The fourth-order valence-corrected chi connectivity index (χ4v) is 2.14. The molecule has 1 fully saturated rings. The molecule has 2 amide bonds. The Morgan fingerprint density at radius 3 is 2.40 bits per heavy atom. The van der Waals surface area contributed by atoms with Gasteiger partial charge in [-0.1, -0.05) is 0 Å². The lowest BCUT2D eigenvalue weighted by atomic mass is 9.80. The minimum atomic E-state index is -0.993. The van der Waals surface area contributed by atoms with Crippen LogP contribution in [0.3, 0.4) is 0 Å². The Hall–Kier alpha value is -2.08. The predicted octanol–water partition coefficient (Wildman–Crippen LogP) is 2.08. The maximum Gasteiger partial charge on any atom is 0.335 e. The largest absolute Gasteiger partial charge is 0.478 e. The van der Waals surface area contributed by atoms with Gasteiger partial charge in [-0.05, 0) is 43.5 Å². The van der Waals surface area contributed by atoms with E-state index in [0.29, 0.717) is 12.2 Å². The first-order valence-corrected chi connectivity index (χ1v) is 6.48. The lowest BCUT2D eigenvalue weighted by Crippen LogP contribution is -2.50. The molecule has 6 heteroatoms. The number of carbonyl (C=O) groups is 2. The molecule has 0 unspecified atom stereocenters. The summed E-state index contributed by atoms with van der Waals surface area (Å²) in [5, 5.41) is 14.2. The van der Waals surface area contributed by atoms with E-state index in [2.05, 4.69) is 10.6 Å². The Balaban J connectivity index is 1.83. The lowest BCUT2D eigenvalue weighted by molar-refractivity contribution is -0.0671. The Kier molecular flexibility index (Phi) is 4.24. The molecular weight excluding hydrogens is 260 g/mol. The van der Waals surface area contributed by atoms with Gasteiger partial charge >= 0.3 is 12.0 Å². The van der Waals surface area contributed by atoms with Gasteiger partial charge in [0.1, 0.15) is 0 Å². The third-order valence-electron chi connectivity index (χ3n) is 3.66. The number of rotatable bonds is 5. The fourth-order valence-electron chi connectivity index (χ4n) is 2.14. The van der Waals surface area contributed by atoms with Gasteiger partial charge in [-0.2, -0.15) is 0 Å². The smallest absolute Gasteiger partial charge is 0.335 e. The van der Waals surface area contributed by atoms with Gasteiger partial charge < -0.3 is 20.5 Å². The van der Waals surface area contributed by atoms with Crippen molar-refractivity contribution in [3.05, 3.63) is 29.8 Å². The number of aromatic carboxylic acids is 1. The standard InChI is InChI=1S/C14H18N2O4/c1-20-14(7-2-8-14)9-15-13(19)16-11-5-3-10(4-6-11)12(17)18/h3-6H,2,7-9H2,1H3,(H,17,18)(H2,15,16,19). The van der Waals surface area contributed by atoms with Crippen LogP contribution in [0.25, 0.3) is 0 Å². The van der Waals surface area contributed by atoms with E-state index in [1.54, 1.807) is 19.2 Å². The van der Waals surface area contributed by atoms with E-state index in [-0.39, 0.29) is 17.2 Å². The molecule has 0 aliphatic heterocycles. The highest BCUT2D eigenvalue weighted by Crippen LogP contribution is 2.34. The van der Waals surface area contributed by atoms with Crippen LogP contribution in [0.1, 0.15) is 29.6 Å². The van der Waals surface area contributed by atoms with E-state index in [4.69, 9.17) is 9.84 Å². The number of carbonyl (C=O) groups excluding carboxylic acids is 1. The van der Waals surface area contributed by atoms with Gasteiger partial charge in [0.2, 0.25) is 0 Å². The van der Waals surface area contributed by atoms with Crippen LogP contribution >= 0.6 is 0 Å². The Labute approximate surface area is 117 Å². The predicted molar refractivity (Wildman–Crippen MR) is 74.0 cm³/mol. The molecule has 1 aliphatic carbocycles. The molecule has 2 rings (SSSR count). The molecule has 20 heavy (non-hydrogen) atoms. The normalized spacial score (nSPS) is 16.1. The van der Waals surface area contributed by atoms with Gasteiger partial charge in [0.15, 0.2) is 0 Å². The van der Waals surface area contributed by atoms with Gasteiger partial charge in [0.25, 0.3) is 0 Å².